The number of hydrogen-bond donors (Lipinski definition) is 0. The van der Waals surface area contributed by atoms with Gasteiger partial charge in [-0.1, -0.05) is 42.5 Å². The van der Waals surface area contributed by atoms with Gasteiger partial charge in [0.15, 0.2) is 11.5 Å². The second-order valence-electron chi connectivity index (χ2n) is 8.26. The number of imide groups is 1. The minimum absolute atomic E-state index is 0.160. The first-order chi connectivity index (χ1) is 15.2. The van der Waals surface area contributed by atoms with Crippen molar-refractivity contribution in [3.63, 3.8) is 0 Å². The SMILES string of the molecule is COc1cc(/C=N\N2C(=O)[C@@H]3[C@H](C2=O)[C@H]2C=C[C@H]3CC2)ccc1OCc1ccccc1. The maximum absolute atomic E-state index is 12.9. The number of allylic oxidation sites excluding steroid dienone is 2. The molecular weight excluding hydrogens is 392 g/mol. The zero-order valence-electron chi connectivity index (χ0n) is 17.3. The van der Waals surface area contributed by atoms with Crippen LogP contribution in [0.2, 0.25) is 0 Å². The average molecular weight is 416 g/mol. The van der Waals surface area contributed by atoms with Crippen LogP contribution < -0.4 is 9.47 Å². The van der Waals surface area contributed by atoms with Gasteiger partial charge in [-0.2, -0.15) is 10.1 Å². The van der Waals surface area contributed by atoms with E-state index in [4.69, 9.17) is 9.47 Å². The molecule has 2 aromatic carbocycles. The van der Waals surface area contributed by atoms with Crippen LogP contribution in [0.25, 0.3) is 0 Å². The number of amides is 2. The molecule has 0 aromatic heterocycles. The summed E-state index contributed by atoms with van der Waals surface area (Å²) < 4.78 is 11.3. The van der Waals surface area contributed by atoms with Crippen LogP contribution in [0.4, 0.5) is 0 Å². The van der Waals surface area contributed by atoms with Crippen molar-refractivity contribution < 1.29 is 19.1 Å². The second-order valence-corrected chi connectivity index (χ2v) is 8.26. The van der Waals surface area contributed by atoms with E-state index >= 15 is 0 Å². The first kappa shape index (κ1) is 19.5. The van der Waals surface area contributed by atoms with Crippen molar-refractivity contribution in [1.29, 1.82) is 0 Å². The molecule has 0 radical (unpaired) electrons. The molecule has 6 heteroatoms. The molecular formula is C25H24N2O4. The van der Waals surface area contributed by atoms with Gasteiger partial charge in [0, 0.05) is 0 Å². The van der Waals surface area contributed by atoms with Crippen molar-refractivity contribution in [1.82, 2.24) is 5.01 Å². The number of ether oxygens (including phenoxy) is 2. The molecule has 2 aromatic rings. The number of nitrogens with zero attached hydrogens (tertiary/aromatic N) is 2. The molecule has 6 rings (SSSR count). The largest absolute Gasteiger partial charge is 0.493 e. The molecule has 1 aliphatic heterocycles. The van der Waals surface area contributed by atoms with Crippen molar-refractivity contribution in [2.45, 2.75) is 19.4 Å². The minimum atomic E-state index is -0.253. The molecule has 31 heavy (non-hydrogen) atoms. The first-order valence-electron chi connectivity index (χ1n) is 10.6. The number of fused-ring (bicyclic) bond motifs is 1. The summed E-state index contributed by atoms with van der Waals surface area (Å²) in [6.45, 7) is 0.431. The number of benzene rings is 2. The summed E-state index contributed by atoms with van der Waals surface area (Å²) in [5.41, 5.74) is 1.78. The number of hydrogen-bond acceptors (Lipinski definition) is 5. The van der Waals surface area contributed by atoms with Gasteiger partial charge in [0.2, 0.25) is 0 Å². The molecule has 6 nitrogen and oxygen atoms in total. The molecule has 2 fully saturated rings. The predicted octanol–water partition coefficient (Wildman–Crippen LogP) is 3.81. The normalized spacial score (nSPS) is 26.5. The Kier molecular flexibility index (Phi) is 5.06. The van der Waals surface area contributed by atoms with Crippen LogP contribution in [0, 0.1) is 23.7 Å². The third-order valence-corrected chi connectivity index (χ3v) is 6.48. The Morgan fingerprint density at radius 3 is 2.26 bits per heavy atom. The van der Waals surface area contributed by atoms with Gasteiger partial charge in [0.05, 0.1) is 25.2 Å². The average Bonchev–Trinajstić information content (AvgIpc) is 3.09. The molecule has 158 valence electrons. The van der Waals surface area contributed by atoms with Crippen LogP contribution in [0.5, 0.6) is 11.5 Å². The highest BCUT2D eigenvalue weighted by Gasteiger charge is 2.56. The topological polar surface area (TPSA) is 68.2 Å². The molecule has 0 spiro atoms. The number of methoxy groups -OCH3 is 1. The Hall–Kier alpha value is -3.41. The van der Waals surface area contributed by atoms with Crippen molar-refractivity contribution >= 4 is 18.0 Å². The van der Waals surface area contributed by atoms with E-state index < -0.39 is 0 Å². The quantitative estimate of drug-likeness (QED) is 0.408. The predicted molar refractivity (Wildman–Crippen MR) is 116 cm³/mol. The number of carbonyl (C=O) groups excluding carboxylic acids is 2. The summed E-state index contributed by atoms with van der Waals surface area (Å²) in [7, 11) is 1.58. The van der Waals surface area contributed by atoms with E-state index in [2.05, 4.69) is 17.3 Å². The van der Waals surface area contributed by atoms with E-state index in [0.29, 0.717) is 18.1 Å². The number of hydrazone groups is 1. The van der Waals surface area contributed by atoms with Crippen LogP contribution in [0.15, 0.2) is 65.8 Å². The van der Waals surface area contributed by atoms with Gasteiger partial charge in [-0.25, -0.2) is 0 Å². The van der Waals surface area contributed by atoms with E-state index in [9.17, 15) is 9.59 Å². The molecule has 2 bridgehead atoms. The van der Waals surface area contributed by atoms with E-state index in [-0.39, 0.29) is 35.5 Å². The van der Waals surface area contributed by atoms with Crippen molar-refractivity contribution in [2.24, 2.45) is 28.8 Å². The lowest BCUT2D eigenvalue weighted by molar-refractivity contribution is -0.140. The van der Waals surface area contributed by atoms with Gasteiger partial charge in [0.25, 0.3) is 11.8 Å². The van der Waals surface area contributed by atoms with E-state index in [1.54, 1.807) is 19.2 Å². The maximum Gasteiger partial charge on any atom is 0.254 e. The maximum atomic E-state index is 12.9. The highest BCUT2D eigenvalue weighted by atomic mass is 16.5. The fraction of sp³-hybridized carbons (Fsp3) is 0.320. The lowest BCUT2D eigenvalue weighted by Gasteiger charge is -2.37. The van der Waals surface area contributed by atoms with Crippen LogP contribution in [0.1, 0.15) is 24.0 Å². The molecule has 0 unspecified atom stereocenters. The summed E-state index contributed by atoms with van der Waals surface area (Å²) in [4.78, 5) is 25.7. The molecule has 4 aliphatic rings. The zero-order chi connectivity index (χ0) is 21.4. The molecule has 1 saturated heterocycles. The Morgan fingerprint density at radius 1 is 0.968 bits per heavy atom. The van der Waals surface area contributed by atoms with Gasteiger partial charge in [-0.15, -0.1) is 0 Å². The zero-order valence-corrected chi connectivity index (χ0v) is 17.3. The molecule has 1 heterocycles. The first-order valence-corrected chi connectivity index (χ1v) is 10.6. The van der Waals surface area contributed by atoms with Gasteiger partial charge in [-0.05, 0) is 54.0 Å². The fourth-order valence-corrected chi connectivity index (χ4v) is 4.92. The number of rotatable bonds is 6. The standard InChI is InChI=1S/C25H24N2O4/c1-30-21-13-17(7-12-20(21)31-15-16-5-3-2-4-6-16)14-26-27-24(28)22-18-8-9-19(11-10-18)23(22)25(27)29/h2-9,12-14,18-19,22-23H,10-11,15H2,1H3/b26-14-/t18-,19-,22-,23+/m0/s1. The van der Waals surface area contributed by atoms with E-state index in [0.717, 1.165) is 29.0 Å². The highest BCUT2D eigenvalue weighted by molar-refractivity contribution is 6.06. The Balaban J connectivity index is 1.31. The second kappa shape index (κ2) is 8.02. The fourth-order valence-electron chi connectivity index (χ4n) is 4.92. The summed E-state index contributed by atoms with van der Waals surface area (Å²) in [5.74, 6) is 0.634. The summed E-state index contributed by atoms with van der Waals surface area (Å²) >= 11 is 0. The summed E-state index contributed by atoms with van der Waals surface area (Å²) in [5, 5.41) is 5.33. The van der Waals surface area contributed by atoms with Crippen LogP contribution in [0.3, 0.4) is 0 Å². The van der Waals surface area contributed by atoms with Crippen LogP contribution in [-0.2, 0) is 16.2 Å². The lowest BCUT2D eigenvalue weighted by Crippen LogP contribution is -2.38. The Morgan fingerprint density at radius 2 is 1.65 bits per heavy atom. The minimum Gasteiger partial charge on any atom is -0.493 e. The summed E-state index contributed by atoms with van der Waals surface area (Å²) in [6.07, 6.45) is 7.69. The Labute approximate surface area is 181 Å². The molecule has 4 atom stereocenters. The highest BCUT2D eigenvalue weighted by Crippen LogP contribution is 2.49. The van der Waals surface area contributed by atoms with Crippen molar-refractivity contribution in [2.75, 3.05) is 7.11 Å². The van der Waals surface area contributed by atoms with E-state index in [1.165, 1.54) is 6.21 Å². The van der Waals surface area contributed by atoms with E-state index in [1.807, 2.05) is 36.4 Å². The Bertz CT molecular complexity index is 1030. The van der Waals surface area contributed by atoms with Crippen molar-refractivity contribution in [3.05, 3.63) is 71.8 Å². The van der Waals surface area contributed by atoms with Gasteiger partial charge >= 0.3 is 0 Å². The molecule has 1 saturated carbocycles. The van der Waals surface area contributed by atoms with Gasteiger partial charge < -0.3 is 9.47 Å². The third kappa shape index (κ3) is 3.52. The van der Waals surface area contributed by atoms with Gasteiger partial charge in [0.1, 0.15) is 6.61 Å². The monoisotopic (exact) mass is 416 g/mol. The van der Waals surface area contributed by atoms with Gasteiger partial charge in [-0.3, -0.25) is 9.59 Å². The van der Waals surface area contributed by atoms with Crippen LogP contribution in [-0.4, -0.2) is 30.1 Å². The lowest BCUT2D eigenvalue weighted by atomic mass is 9.63. The molecule has 0 N–H and O–H groups in total. The summed E-state index contributed by atoms with van der Waals surface area (Å²) in [6, 6.07) is 15.3. The molecule has 3 aliphatic carbocycles. The smallest absolute Gasteiger partial charge is 0.254 e. The molecule has 2 amide bonds. The van der Waals surface area contributed by atoms with Crippen LogP contribution >= 0.6 is 0 Å². The van der Waals surface area contributed by atoms with Crippen molar-refractivity contribution in [3.8, 4) is 11.5 Å². The number of carbonyl (C=O) groups is 2. The third-order valence-electron chi connectivity index (χ3n) is 6.48.